The summed E-state index contributed by atoms with van der Waals surface area (Å²) in [5.74, 6) is 1.14. The molecule has 1 aromatic carbocycles. The summed E-state index contributed by atoms with van der Waals surface area (Å²) in [5.41, 5.74) is 2.06. The van der Waals surface area contributed by atoms with Crippen molar-refractivity contribution < 1.29 is 27.4 Å². The summed E-state index contributed by atoms with van der Waals surface area (Å²) in [4.78, 5) is 15.1. The van der Waals surface area contributed by atoms with Crippen LogP contribution in [0.2, 0.25) is 0 Å². The SMILES string of the molecule is Cc1cc(C(=O)N2CCC[C@H]2c2ccc3c(c2)OCCCO3)c(C)n1CC(F)(F)F. The zero-order valence-corrected chi connectivity index (χ0v) is 17.1. The Kier molecular flexibility index (Phi) is 5.42. The highest BCUT2D eigenvalue weighted by molar-refractivity contribution is 5.96. The Hall–Kier alpha value is -2.64. The molecular formula is C22H25F3N2O3. The monoisotopic (exact) mass is 422 g/mol. The van der Waals surface area contributed by atoms with Crippen LogP contribution < -0.4 is 9.47 Å². The van der Waals surface area contributed by atoms with Gasteiger partial charge in [-0.25, -0.2) is 0 Å². The third-order valence-electron chi connectivity index (χ3n) is 5.81. The van der Waals surface area contributed by atoms with Crippen molar-refractivity contribution in [2.45, 2.75) is 51.9 Å². The van der Waals surface area contributed by atoms with Gasteiger partial charge in [0.2, 0.25) is 0 Å². The van der Waals surface area contributed by atoms with Gasteiger partial charge in [-0.2, -0.15) is 13.2 Å². The number of amides is 1. The number of hydrogen-bond donors (Lipinski definition) is 0. The van der Waals surface area contributed by atoms with Gasteiger partial charge in [-0.1, -0.05) is 6.07 Å². The van der Waals surface area contributed by atoms with Crippen molar-refractivity contribution >= 4 is 5.91 Å². The maximum atomic E-state index is 13.3. The van der Waals surface area contributed by atoms with Gasteiger partial charge >= 0.3 is 6.18 Å². The van der Waals surface area contributed by atoms with Gasteiger partial charge in [0, 0.05) is 24.4 Å². The third kappa shape index (κ3) is 4.00. The highest BCUT2D eigenvalue weighted by Crippen LogP contribution is 2.39. The predicted octanol–water partition coefficient (Wildman–Crippen LogP) is 4.81. The van der Waals surface area contributed by atoms with Crippen LogP contribution in [-0.4, -0.2) is 41.3 Å². The standard InChI is InChI=1S/C22H25F3N2O3/c1-14-11-17(15(2)27(14)13-22(23,24)25)21(28)26-8-3-5-18(26)16-6-7-19-20(12-16)30-10-4-9-29-19/h6-7,11-12,18H,3-5,8-10,13H2,1-2H3/t18-/m0/s1. The predicted molar refractivity (Wildman–Crippen MR) is 105 cm³/mol. The Bertz CT molecular complexity index is 952. The largest absolute Gasteiger partial charge is 0.490 e. The van der Waals surface area contributed by atoms with Crippen molar-refractivity contribution in [1.29, 1.82) is 0 Å². The van der Waals surface area contributed by atoms with Crippen molar-refractivity contribution in [1.82, 2.24) is 9.47 Å². The molecule has 8 heteroatoms. The van der Waals surface area contributed by atoms with E-state index < -0.39 is 12.7 Å². The van der Waals surface area contributed by atoms with E-state index in [1.807, 2.05) is 18.2 Å². The van der Waals surface area contributed by atoms with E-state index in [9.17, 15) is 18.0 Å². The van der Waals surface area contributed by atoms with Crippen molar-refractivity contribution in [3.8, 4) is 11.5 Å². The van der Waals surface area contributed by atoms with Gasteiger partial charge in [0.05, 0.1) is 24.8 Å². The van der Waals surface area contributed by atoms with E-state index in [0.717, 1.165) is 29.4 Å². The lowest BCUT2D eigenvalue weighted by Gasteiger charge is -2.26. The lowest BCUT2D eigenvalue weighted by molar-refractivity contribution is -0.141. The fourth-order valence-electron chi connectivity index (χ4n) is 4.34. The Balaban J connectivity index is 1.61. The van der Waals surface area contributed by atoms with Gasteiger partial charge in [-0.05, 0) is 50.5 Å². The number of carbonyl (C=O) groups excluding carboxylic acids is 1. The molecule has 0 bridgehead atoms. The zero-order valence-electron chi connectivity index (χ0n) is 17.1. The first-order chi connectivity index (χ1) is 14.2. The van der Waals surface area contributed by atoms with Gasteiger partial charge in [0.1, 0.15) is 6.54 Å². The van der Waals surface area contributed by atoms with E-state index in [2.05, 4.69) is 0 Å². The topological polar surface area (TPSA) is 43.7 Å². The second kappa shape index (κ2) is 7.89. The first-order valence-corrected chi connectivity index (χ1v) is 10.2. The molecule has 1 saturated heterocycles. The van der Waals surface area contributed by atoms with Crippen molar-refractivity contribution in [2.24, 2.45) is 0 Å². The molecule has 2 aromatic rings. The fourth-order valence-corrected chi connectivity index (χ4v) is 4.34. The first-order valence-electron chi connectivity index (χ1n) is 10.2. The normalized spacial score (nSPS) is 19.1. The van der Waals surface area contributed by atoms with Gasteiger partial charge < -0.3 is 18.9 Å². The molecule has 1 atom stereocenters. The van der Waals surface area contributed by atoms with Crippen LogP contribution in [0.15, 0.2) is 24.3 Å². The molecule has 30 heavy (non-hydrogen) atoms. The number of hydrogen-bond acceptors (Lipinski definition) is 3. The Morgan fingerprint density at radius 1 is 1.10 bits per heavy atom. The molecule has 4 rings (SSSR count). The van der Waals surface area contributed by atoms with Crippen LogP contribution in [0.1, 0.15) is 52.6 Å². The number of likely N-dealkylation sites (tertiary alicyclic amines) is 1. The molecule has 1 aromatic heterocycles. The van der Waals surface area contributed by atoms with Gasteiger partial charge in [0.15, 0.2) is 11.5 Å². The third-order valence-corrected chi connectivity index (χ3v) is 5.81. The van der Waals surface area contributed by atoms with Crippen molar-refractivity contribution in [2.75, 3.05) is 19.8 Å². The molecule has 2 aliphatic rings. The van der Waals surface area contributed by atoms with E-state index in [0.29, 0.717) is 48.2 Å². The second-order valence-corrected chi connectivity index (χ2v) is 7.90. The minimum Gasteiger partial charge on any atom is -0.490 e. The van der Waals surface area contributed by atoms with Crippen LogP contribution in [0.25, 0.3) is 0 Å². The molecule has 0 aliphatic carbocycles. The van der Waals surface area contributed by atoms with E-state index >= 15 is 0 Å². The number of alkyl halides is 3. The molecule has 0 unspecified atom stereocenters. The lowest BCUT2D eigenvalue weighted by atomic mass is 10.0. The zero-order chi connectivity index (χ0) is 21.5. The molecule has 0 spiro atoms. The number of fused-ring (bicyclic) bond motifs is 1. The summed E-state index contributed by atoms with van der Waals surface area (Å²) in [5, 5.41) is 0. The summed E-state index contributed by atoms with van der Waals surface area (Å²) in [7, 11) is 0. The van der Waals surface area contributed by atoms with Gasteiger partial charge in [-0.15, -0.1) is 0 Å². The highest BCUT2D eigenvalue weighted by atomic mass is 19.4. The molecule has 0 radical (unpaired) electrons. The molecule has 162 valence electrons. The second-order valence-electron chi connectivity index (χ2n) is 7.90. The van der Waals surface area contributed by atoms with Crippen LogP contribution >= 0.6 is 0 Å². The smallest absolute Gasteiger partial charge is 0.406 e. The molecular weight excluding hydrogens is 397 g/mol. The summed E-state index contributed by atoms with van der Waals surface area (Å²) in [6, 6.07) is 7.15. The minimum absolute atomic E-state index is 0.139. The molecule has 3 heterocycles. The molecule has 1 fully saturated rings. The number of aromatic nitrogens is 1. The average molecular weight is 422 g/mol. The van der Waals surface area contributed by atoms with Gasteiger partial charge in [0.25, 0.3) is 5.91 Å². The van der Waals surface area contributed by atoms with Crippen LogP contribution in [0.5, 0.6) is 11.5 Å². The Labute approximate surface area is 173 Å². The van der Waals surface area contributed by atoms with Crippen LogP contribution in [0.3, 0.4) is 0 Å². The maximum absolute atomic E-state index is 13.3. The van der Waals surface area contributed by atoms with Crippen molar-refractivity contribution in [3.05, 3.63) is 46.8 Å². The number of aryl methyl sites for hydroxylation is 1. The lowest BCUT2D eigenvalue weighted by Crippen LogP contribution is -2.31. The number of benzene rings is 1. The van der Waals surface area contributed by atoms with Crippen LogP contribution in [0.4, 0.5) is 13.2 Å². The summed E-state index contributed by atoms with van der Waals surface area (Å²) in [6.07, 6.45) is -1.89. The molecule has 0 N–H and O–H groups in total. The maximum Gasteiger partial charge on any atom is 0.406 e. The Morgan fingerprint density at radius 2 is 1.83 bits per heavy atom. The van der Waals surface area contributed by atoms with E-state index in [-0.39, 0.29) is 11.9 Å². The number of ether oxygens (including phenoxy) is 2. The minimum atomic E-state index is -4.34. The summed E-state index contributed by atoms with van der Waals surface area (Å²) in [6.45, 7) is 3.83. The summed E-state index contributed by atoms with van der Waals surface area (Å²) >= 11 is 0. The Morgan fingerprint density at radius 3 is 2.57 bits per heavy atom. The highest BCUT2D eigenvalue weighted by Gasteiger charge is 2.35. The quantitative estimate of drug-likeness (QED) is 0.713. The van der Waals surface area contributed by atoms with Crippen LogP contribution in [0, 0.1) is 13.8 Å². The first kappa shape index (κ1) is 20.6. The molecule has 5 nitrogen and oxygen atoms in total. The van der Waals surface area contributed by atoms with Crippen molar-refractivity contribution in [3.63, 3.8) is 0 Å². The fraction of sp³-hybridized carbons (Fsp3) is 0.500. The average Bonchev–Trinajstić information content (AvgIpc) is 3.19. The van der Waals surface area contributed by atoms with E-state index in [4.69, 9.17) is 9.47 Å². The molecule has 0 saturated carbocycles. The number of nitrogens with zero attached hydrogens (tertiary/aromatic N) is 2. The number of rotatable bonds is 3. The molecule has 1 amide bonds. The molecule has 2 aliphatic heterocycles. The summed E-state index contributed by atoms with van der Waals surface area (Å²) < 4.78 is 51.4. The van der Waals surface area contributed by atoms with E-state index in [1.54, 1.807) is 24.8 Å². The number of halogens is 3. The number of carbonyl (C=O) groups is 1. The van der Waals surface area contributed by atoms with E-state index in [1.165, 1.54) is 0 Å². The van der Waals surface area contributed by atoms with Gasteiger partial charge in [-0.3, -0.25) is 4.79 Å². The van der Waals surface area contributed by atoms with Crippen LogP contribution in [-0.2, 0) is 6.54 Å².